The molecule has 0 unspecified atom stereocenters. The Hall–Kier alpha value is 0.140. The number of allylic oxidation sites excluding steroid dienone is 1. The van der Waals surface area contributed by atoms with Crippen LogP contribution in [0, 0.1) is 0 Å². The molecule has 0 amide bonds. The second kappa shape index (κ2) is 4.88. The Bertz CT molecular complexity index is 129. The van der Waals surface area contributed by atoms with E-state index in [1.165, 1.54) is 5.70 Å². The number of aliphatic hydroxyl groups excluding tert-OH is 1. The number of rotatable bonds is 2. The lowest BCUT2D eigenvalue weighted by atomic mass is 10.5. The van der Waals surface area contributed by atoms with Gasteiger partial charge >= 0.3 is 0 Å². The summed E-state index contributed by atoms with van der Waals surface area (Å²) in [5, 5.41) is 10.7. The van der Waals surface area contributed by atoms with E-state index in [-0.39, 0.29) is 19.0 Å². The molecule has 0 saturated heterocycles. The summed E-state index contributed by atoms with van der Waals surface area (Å²) in [5.74, 6) is 1.01. The lowest BCUT2D eigenvalue weighted by molar-refractivity contribution is 0.244. The Kier molecular flexibility index (Phi) is 4.95. The predicted octanol–water partition coefficient (Wildman–Crippen LogP) is 1.27. The fourth-order valence-electron chi connectivity index (χ4n) is 0.786. The Balaban J connectivity index is 0.000000810. The average Bonchev–Trinajstić information content (AvgIpc) is 2.18. The first-order valence-electron chi connectivity index (χ1n) is 2.99. The van der Waals surface area contributed by atoms with Crippen molar-refractivity contribution in [2.75, 3.05) is 19.0 Å². The fraction of sp³-hybridized carbons (Fsp3) is 0.667. The summed E-state index contributed by atoms with van der Waals surface area (Å²) in [6.07, 6.45) is 0. The van der Waals surface area contributed by atoms with Crippen molar-refractivity contribution in [1.82, 2.24) is 4.90 Å². The molecule has 0 aliphatic carbocycles. The highest BCUT2D eigenvalue weighted by Crippen LogP contribution is 2.21. The molecule has 1 heterocycles. The van der Waals surface area contributed by atoms with Gasteiger partial charge in [-0.15, -0.1) is 24.2 Å². The lowest BCUT2D eigenvalue weighted by Crippen LogP contribution is -2.21. The second-order valence-corrected chi connectivity index (χ2v) is 2.87. The first-order chi connectivity index (χ1) is 4.34. The van der Waals surface area contributed by atoms with Crippen molar-refractivity contribution in [3.05, 3.63) is 11.1 Å². The molecule has 1 aliphatic rings. The maximum atomic E-state index is 8.57. The quantitative estimate of drug-likeness (QED) is 0.694. The molecule has 0 fully saturated rings. The van der Waals surface area contributed by atoms with Gasteiger partial charge in [0.15, 0.2) is 0 Å². The van der Waals surface area contributed by atoms with Gasteiger partial charge in [0.2, 0.25) is 0 Å². The number of thioether (sulfide) groups is 1. The van der Waals surface area contributed by atoms with Crippen molar-refractivity contribution in [2.45, 2.75) is 6.92 Å². The van der Waals surface area contributed by atoms with Crippen molar-refractivity contribution in [3.8, 4) is 0 Å². The molecule has 0 bridgehead atoms. The molecule has 0 radical (unpaired) electrons. The van der Waals surface area contributed by atoms with Gasteiger partial charge in [0.25, 0.3) is 0 Å². The highest BCUT2D eigenvalue weighted by atomic mass is 35.5. The van der Waals surface area contributed by atoms with Crippen LogP contribution >= 0.6 is 24.2 Å². The van der Waals surface area contributed by atoms with Crippen LogP contribution in [-0.2, 0) is 0 Å². The van der Waals surface area contributed by atoms with Crippen LogP contribution in [0.2, 0.25) is 0 Å². The summed E-state index contributed by atoms with van der Waals surface area (Å²) in [7, 11) is 0. The van der Waals surface area contributed by atoms with Crippen LogP contribution in [-0.4, -0.2) is 29.0 Å². The number of nitrogens with zero attached hydrogens (tertiary/aromatic N) is 1. The standard InChI is InChI=1S/C6H11NOS.ClH/c1-6-4-9-5-7(6)2-3-8;/h4,8H,2-3,5H2,1H3;1H. The fourth-order valence-corrected chi connectivity index (χ4v) is 1.76. The van der Waals surface area contributed by atoms with Gasteiger partial charge in [-0.05, 0) is 12.3 Å². The van der Waals surface area contributed by atoms with E-state index in [0.717, 1.165) is 12.4 Å². The zero-order valence-electron chi connectivity index (χ0n) is 5.91. The van der Waals surface area contributed by atoms with E-state index >= 15 is 0 Å². The van der Waals surface area contributed by atoms with E-state index in [9.17, 15) is 0 Å². The normalized spacial score (nSPS) is 16.6. The first kappa shape index (κ1) is 10.1. The van der Waals surface area contributed by atoms with Gasteiger partial charge in [-0.1, -0.05) is 0 Å². The minimum atomic E-state index is 0. The molecule has 0 aromatic carbocycles. The monoisotopic (exact) mass is 181 g/mol. The minimum Gasteiger partial charge on any atom is -0.395 e. The van der Waals surface area contributed by atoms with E-state index in [1.54, 1.807) is 11.8 Å². The number of aliphatic hydroxyl groups is 1. The van der Waals surface area contributed by atoms with E-state index in [4.69, 9.17) is 5.11 Å². The van der Waals surface area contributed by atoms with Gasteiger partial charge in [-0.2, -0.15) is 0 Å². The van der Waals surface area contributed by atoms with Crippen LogP contribution in [0.25, 0.3) is 0 Å². The molecule has 0 aromatic heterocycles. The first-order valence-corrected chi connectivity index (χ1v) is 4.03. The molecular weight excluding hydrogens is 170 g/mol. The van der Waals surface area contributed by atoms with Gasteiger partial charge in [0.1, 0.15) is 0 Å². The highest BCUT2D eigenvalue weighted by molar-refractivity contribution is 8.02. The van der Waals surface area contributed by atoms with Crippen LogP contribution in [0.4, 0.5) is 0 Å². The molecule has 1 rings (SSSR count). The third-order valence-corrected chi connectivity index (χ3v) is 2.32. The number of β-amino-alcohol motifs (C(OH)–C–C–N with tert-alkyl or cyclic N) is 1. The Morgan fingerprint density at radius 3 is 2.90 bits per heavy atom. The summed E-state index contributed by atoms with van der Waals surface area (Å²) in [6.45, 7) is 3.09. The van der Waals surface area contributed by atoms with Crippen molar-refractivity contribution in [2.24, 2.45) is 0 Å². The number of hydrogen-bond donors (Lipinski definition) is 1. The summed E-state index contributed by atoms with van der Waals surface area (Å²) in [6, 6.07) is 0. The highest BCUT2D eigenvalue weighted by Gasteiger charge is 2.08. The van der Waals surface area contributed by atoms with Gasteiger partial charge in [-0.25, -0.2) is 0 Å². The topological polar surface area (TPSA) is 23.5 Å². The van der Waals surface area contributed by atoms with Crippen molar-refractivity contribution >= 4 is 24.2 Å². The molecule has 10 heavy (non-hydrogen) atoms. The van der Waals surface area contributed by atoms with Crippen LogP contribution in [0.1, 0.15) is 6.92 Å². The van der Waals surface area contributed by atoms with Gasteiger partial charge < -0.3 is 10.0 Å². The Labute approximate surface area is 71.7 Å². The predicted molar refractivity (Wildman–Crippen MR) is 47.3 cm³/mol. The summed E-state index contributed by atoms with van der Waals surface area (Å²) >= 11 is 1.78. The molecule has 2 nitrogen and oxygen atoms in total. The molecule has 1 N–H and O–H groups in total. The zero-order chi connectivity index (χ0) is 6.69. The summed E-state index contributed by atoms with van der Waals surface area (Å²) in [4.78, 5) is 2.16. The third kappa shape index (κ3) is 2.40. The van der Waals surface area contributed by atoms with Crippen molar-refractivity contribution < 1.29 is 5.11 Å². The van der Waals surface area contributed by atoms with Crippen molar-refractivity contribution in [3.63, 3.8) is 0 Å². The Morgan fingerprint density at radius 2 is 2.50 bits per heavy atom. The van der Waals surface area contributed by atoms with E-state index in [1.807, 2.05) is 0 Å². The van der Waals surface area contributed by atoms with Gasteiger partial charge in [0, 0.05) is 12.2 Å². The molecule has 0 saturated carbocycles. The molecule has 0 spiro atoms. The molecule has 1 aliphatic heterocycles. The van der Waals surface area contributed by atoms with Crippen LogP contribution in [0.15, 0.2) is 11.1 Å². The smallest absolute Gasteiger partial charge is 0.0678 e. The molecule has 60 valence electrons. The van der Waals surface area contributed by atoms with Crippen LogP contribution in [0.3, 0.4) is 0 Å². The molecule has 0 aromatic rings. The summed E-state index contributed by atoms with van der Waals surface area (Å²) < 4.78 is 0. The molecule has 0 atom stereocenters. The number of halogens is 1. The van der Waals surface area contributed by atoms with Gasteiger partial charge in [-0.3, -0.25) is 0 Å². The van der Waals surface area contributed by atoms with Crippen LogP contribution in [0.5, 0.6) is 0 Å². The number of hydrogen-bond acceptors (Lipinski definition) is 3. The largest absolute Gasteiger partial charge is 0.395 e. The van der Waals surface area contributed by atoms with E-state index < -0.39 is 0 Å². The molecular formula is C6H12ClNOS. The van der Waals surface area contributed by atoms with Crippen molar-refractivity contribution in [1.29, 1.82) is 0 Å². The van der Waals surface area contributed by atoms with Crippen LogP contribution < -0.4 is 0 Å². The average molecular weight is 182 g/mol. The minimum absolute atomic E-state index is 0. The second-order valence-electron chi connectivity index (χ2n) is 2.04. The van der Waals surface area contributed by atoms with E-state index in [0.29, 0.717) is 0 Å². The summed E-state index contributed by atoms with van der Waals surface area (Å²) in [5.41, 5.74) is 1.27. The Morgan fingerprint density at radius 1 is 1.80 bits per heavy atom. The third-order valence-electron chi connectivity index (χ3n) is 1.35. The molecule has 4 heteroatoms. The lowest BCUT2D eigenvalue weighted by Gasteiger charge is -2.16. The van der Waals surface area contributed by atoms with Gasteiger partial charge in [0.05, 0.1) is 12.5 Å². The maximum absolute atomic E-state index is 8.57. The maximum Gasteiger partial charge on any atom is 0.0678 e. The van der Waals surface area contributed by atoms with E-state index in [2.05, 4.69) is 17.2 Å². The SMILES string of the molecule is CC1=CSCN1CCO.Cl. The zero-order valence-corrected chi connectivity index (χ0v) is 7.54.